The van der Waals surface area contributed by atoms with E-state index in [1.165, 1.54) is 16.7 Å². The molecule has 0 aliphatic rings. The van der Waals surface area contributed by atoms with Gasteiger partial charge in [0.2, 0.25) is 0 Å². The second-order valence-corrected chi connectivity index (χ2v) is 4.60. The third-order valence-electron chi connectivity index (χ3n) is 3.18. The van der Waals surface area contributed by atoms with Gasteiger partial charge in [-0.05, 0) is 36.0 Å². The Labute approximate surface area is 123 Å². The molecule has 0 aromatic heterocycles. The molecular formula is C19H26O. The molecule has 20 heavy (non-hydrogen) atoms. The molecule has 0 bridgehead atoms. The number of unbranched alkanes of at least 4 members (excludes halogenated alkanes) is 2. The number of benzene rings is 2. The molecule has 0 saturated carbocycles. The standard InChI is InChI=1S/C17H20O.C2H6/c18-14-6-2-3-7-15-10-12-17(13-11-15)16-8-4-1-5-9-16;1-2/h1,4-5,8-13,18H,2-3,6-7,14H2;1-2H3. The lowest BCUT2D eigenvalue weighted by atomic mass is 10.0. The molecule has 2 aromatic rings. The molecule has 0 radical (unpaired) electrons. The maximum absolute atomic E-state index is 8.73. The monoisotopic (exact) mass is 270 g/mol. The summed E-state index contributed by atoms with van der Waals surface area (Å²) in [7, 11) is 0. The molecule has 0 spiro atoms. The van der Waals surface area contributed by atoms with Crippen LogP contribution in [0.2, 0.25) is 0 Å². The van der Waals surface area contributed by atoms with Gasteiger partial charge in [0, 0.05) is 6.61 Å². The molecule has 0 heterocycles. The molecule has 2 rings (SSSR count). The zero-order valence-corrected chi connectivity index (χ0v) is 12.7. The quantitative estimate of drug-likeness (QED) is 0.725. The molecule has 2 aromatic carbocycles. The van der Waals surface area contributed by atoms with E-state index in [0.29, 0.717) is 6.61 Å². The predicted octanol–water partition coefficient (Wildman–Crippen LogP) is 5.08. The topological polar surface area (TPSA) is 20.2 Å². The van der Waals surface area contributed by atoms with Crippen LogP contribution in [0.5, 0.6) is 0 Å². The van der Waals surface area contributed by atoms with Crippen molar-refractivity contribution < 1.29 is 5.11 Å². The maximum Gasteiger partial charge on any atom is 0.0431 e. The van der Waals surface area contributed by atoms with E-state index in [1.54, 1.807) is 0 Å². The number of hydrogen-bond acceptors (Lipinski definition) is 1. The van der Waals surface area contributed by atoms with Gasteiger partial charge >= 0.3 is 0 Å². The van der Waals surface area contributed by atoms with Gasteiger partial charge in [-0.1, -0.05) is 74.9 Å². The first-order chi connectivity index (χ1) is 9.90. The highest BCUT2D eigenvalue weighted by Gasteiger charge is 1.97. The van der Waals surface area contributed by atoms with Crippen molar-refractivity contribution in [2.45, 2.75) is 39.5 Å². The molecule has 0 atom stereocenters. The van der Waals surface area contributed by atoms with E-state index in [9.17, 15) is 0 Å². The van der Waals surface area contributed by atoms with Crippen LogP contribution in [0.1, 0.15) is 38.7 Å². The van der Waals surface area contributed by atoms with Crippen LogP contribution in [0, 0.1) is 0 Å². The Hall–Kier alpha value is -1.60. The summed E-state index contributed by atoms with van der Waals surface area (Å²) in [6.07, 6.45) is 4.29. The van der Waals surface area contributed by atoms with Gasteiger partial charge < -0.3 is 5.11 Å². The van der Waals surface area contributed by atoms with Crippen molar-refractivity contribution in [2.24, 2.45) is 0 Å². The van der Waals surface area contributed by atoms with Crippen LogP contribution in [0.15, 0.2) is 54.6 Å². The molecule has 1 nitrogen and oxygen atoms in total. The lowest BCUT2D eigenvalue weighted by Crippen LogP contribution is -1.88. The Morgan fingerprint density at radius 1 is 0.700 bits per heavy atom. The molecule has 0 saturated heterocycles. The van der Waals surface area contributed by atoms with E-state index in [4.69, 9.17) is 5.11 Å². The summed E-state index contributed by atoms with van der Waals surface area (Å²) < 4.78 is 0. The van der Waals surface area contributed by atoms with Crippen molar-refractivity contribution in [2.75, 3.05) is 6.61 Å². The minimum absolute atomic E-state index is 0.312. The number of aliphatic hydroxyl groups excluding tert-OH is 1. The van der Waals surface area contributed by atoms with Crippen molar-refractivity contribution in [3.05, 3.63) is 60.2 Å². The summed E-state index contributed by atoms with van der Waals surface area (Å²) >= 11 is 0. The van der Waals surface area contributed by atoms with E-state index < -0.39 is 0 Å². The van der Waals surface area contributed by atoms with Gasteiger partial charge in [-0.2, -0.15) is 0 Å². The number of rotatable bonds is 6. The second kappa shape index (κ2) is 10.2. The highest BCUT2D eigenvalue weighted by atomic mass is 16.2. The largest absolute Gasteiger partial charge is 0.396 e. The van der Waals surface area contributed by atoms with E-state index in [-0.39, 0.29) is 0 Å². The SMILES string of the molecule is CC.OCCCCCc1ccc(-c2ccccc2)cc1. The van der Waals surface area contributed by atoms with E-state index in [2.05, 4.69) is 48.5 Å². The smallest absolute Gasteiger partial charge is 0.0431 e. The minimum Gasteiger partial charge on any atom is -0.396 e. The van der Waals surface area contributed by atoms with Crippen LogP contribution < -0.4 is 0 Å². The minimum atomic E-state index is 0.312. The Kier molecular flexibility index (Phi) is 8.41. The van der Waals surface area contributed by atoms with Crippen LogP contribution >= 0.6 is 0 Å². The van der Waals surface area contributed by atoms with E-state index in [0.717, 1.165) is 25.7 Å². The Balaban J connectivity index is 0.000000956. The van der Waals surface area contributed by atoms with Crippen molar-refractivity contribution in [1.29, 1.82) is 0 Å². The zero-order valence-electron chi connectivity index (χ0n) is 12.7. The van der Waals surface area contributed by atoms with Crippen LogP contribution in [-0.4, -0.2) is 11.7 Å². The molecule has 1 N–H and O–H groups in total. The fourth-order valence-corrected chi connectivity index (χ4v) is 2.11. The highest BCUT2D eigenvalue weighted by Crippen LogP contribution is 2.19. The van der Waals surface area contributed by atoms with Crippen LogP contribution in [0.3, 0.4) is 0 Å². The van der Waals surface area contributed by atoms with Crippen molar-refractivity contribution >= 4 is 0 Å². The van der Waals surface area contributed by atoms with Crippen LogP contribution in [0.25, 0.3) is 11.1 Å². The highest BCUT2D eigenvalue weighted by molar-refractivity contribution is 5.63. The van der Waals surface area contributed by atoms with Gasteiger partial charge in [0.1, 0.15) is 0 Å². The Bertz CT molecular complexity index is 445. The first-order valence-corrected chi connectivity index (χ1v) is 7.65. The summed E-state index contributed by atoms with van der Waals surface area (Å²) in [5.74, 6) is 0. The molecule has 0 unspecified atom stereocenters. The molecule has 0 fully saturated rings. The van der Waals surface area contributed by atoms with Crippen molar-refractivity contribution in [1.82, 2.24) is 0 Å². The average Bonchev–Trinajstić information content (AvgIpc) is 2.55. The number of aliphatic hydroxyl groups is 1. The molecule has 1 heteroatoms. The van der Waals surface area contributed by atoms with Gasteiger partial charge in [0.05, 0.1) is 0 Å². The summed E-state index contributed by atoms with van der Waals surface area (Å²) in [5, 5.41) is 8.73. The van der Waals surface area contributed by atoms with Crippen molar-refractivity contribution in [3.8, 4) is 11.1 Å². The summed E-state index contributed by atoms with van der Waals surface area (Å²) in [6, 6.07) is 19.2. The maximum atomic E-state index is 8.73. The average molecular weight is 270 g/mol. The van der Waals surface area contributed by atoms with Gasteiger partial charge in [0.25, 0.3) is 0 Å². The lowest BCUT2D eigenvalue weighted by molar-refractivity contribution is 0.283. The molecule has 108 valence electrons. The fourth-order valence-electron chi connectivity index (χ4n) is 2.11. The predicted molar refractivity (Wildman–Crippen MR) is 87.9 cm³/mol. The lowest BCUT2D eigenvalue weighted by Gasteiger charge is -2.04. The van der Waals surface area contributed by atoms with E-state index >= 15 is 0 Å². The third-order valence-corrected chi connectivity index (χ3v) is 3.18. The molecule has 0 aliphatic heterocycles. The van der Waals surface area contributed by atoms with Gasteiger partial charge in [0.15, 0.2) is 0 Å². The van der Waals surface area contributed by atoms with E-state index in [1.807, 2.05) is 19.9 Å². The Morgan fingerprint density at radius 2 is 1.30 bits per heavy atom. The number of hydrogen-bond donors (Lipinski definition) is 1. The van der Waals surface area contributed by atoms with Gasteiger partial charge in [-0.3, -0.25) is 0 Å². The summed E-state index contributed by atoms with van der Waals surface area (Å²) in [4.78, 5) is 0. The first-order valence-electron chi connectivity index (χ1n) is 7.65. The van der Waals surface area contributed by atoms with Crippen molar-refractivity contribution in [3.63, 3.8) is 0 Å². The summed E-state index contributed by atoms with van der Waals surface area (Å²) in [6.45, 7) is 4.31. The normalized spacial score (nSPS) is 9.75. The zero-order chi connectivity index (χ0) is 14.6. The third kappa shape index (κ3) is 5.58. The van der Waals surface area contributed by atoms with Gasteiger partial charge in [-0.15, -0.1) is 0 Å². The van der Waals surface area contributed by atoms with Crippen LogP contribution in [-0.2, 0) is 6.42 Å². The summed E-state index contributed by atoms with van der Waals surface area (Å²) in [5.41, 5.74) is 3.92. The fraction of sp³-hybridized carbons (Fsp3) is 0.368. The molecule has 0 aliphatic carbocycles. The first kappa shape index (κ1) is 16.5. The Morgan fingerprint density at radius 3 is 1.90 bits per heavy atom. The van der Waals surface area contributed by atoms with Crippen LogP contribution in [0.4, 0.5) is 0 Å². The second-order valence-electron chi connectivity index (χ2n) is 4.60. The van der Waals surface area contributed by atoms with Gasteiger partial charge in [-0.25, -0.2) is 0 Å². The number of aryl methyl sites for hydroxylation is 1. The molecular weight excluding hydrogens is 244 g/mol. The molecule has 0 amide bonds.